The lowest BCUT2D eigenvalue weighted by Gasteiger charge is -2.08. The zero-order valence-electron chi connectivity index (χ0n) is 11.2. The first-order valence-corrected chi connectivity index (χ1v) is 6.28. The molecule has 1 amide bonds. The van der Waals surface area contributed by atoms with E-state index in [4.69, 9.17) is 10.9 Å². The molecule has 4 N–H and O–H groups in total. The van der Waals surface area contributed by atoms with Crippen molar-refractivity contribution in [3.8, 4) is 0 Å². The molecule has 0 aliphatic heterocycles. The predicted molar refractivity (Wildman–Crippen MR) is 72.7 cm³/mol. The van der Waals surface area contributed by atoms with Crippen molar-refractivity contribution in [2.75, 3.05) is 0 Å². The lowest BCUT2D eigenvalue weighted by molar-refractivity contribution is -0.123. The molecule has 0 radical (unpaired) electrons. The molecule has 2 rings (SSSR count). The fraction of sp³-hybridized carbons (Fsp3) is 0.429. The summed E-state index contributed by atoms with van der Waals surface area (Å²) < 4.78 is 0. The van der Waals surface area contributed by atoms with Crippen molar-refractivity contribution in [3.05, 3.63) is 35.4 Å². The molecule has 0 saturated heterocycles. The van der Waals surface area contributed by atoms with E-state index in [9.17, 15) is 4.79 Å². The van der Waals surface area contributed by atoms with Gasteiger partial charge in [-0.1, -0.05) is 37.2 Å². The highest BCUT2D eigenvalue weighted by Gasteiger charge is 2.50. The maximum Gasteiger partial charge on any atom is 0.223 e. The molecule has 0 spiro atoms. The van der Waals surface area contributed by atoms with Crippen LogP contribution in [0.15, 0.2) is 29.4 Å². The summed E-state index contributed by atoms with van der Waals surface area (Å²) in [5, 5.41) is 14.5. The lowest BCUT2D eigenvalue weighted by Crippen LogP contribution is -2.26. The second-order valence-electron chi connectivity index (χ2n) is 5.65. The SMILES string of the molecule is CC1(C)CC1C(=O)NCc1cccc(/C(N)=N/O)c1. The minimum absolute atomic E-state index is 0.0662. The van der Waals surface area contributed by atoms with E-state index in [1.807, 2.05) is 12.1 Å². The van der Waals surface area contributed by atoms with Gasteiger partial charge in [0.05, 0.1) is 0 Å². The van der Waals surface area contributed by atoms with Gasteiger partial charge in [-0.2, -0.15) is 0 Å². The Morgan fingerprint density at radius 3 is 2.84 bits per heavy atom. The van der Waals surface area contributed by atoms with Crippen LogP contribution >= 0.6 is 0 Å². The quantitative estimate of drug-likeness (QED) is 0.332. The molecule has 1 aliphatic carbocycles. The molecule has 1 saturated carbocycles. The standard InChI is InChI=1S/C14H19N3O2/c1-14(2)7-11(14)13(18)16-8-9-4-3-5-10(6-9)12(15)17-19/h3-6,11,19H,7-8H2,1-2H3,(H2,15,17)(H,16,18). The molecule has 1 aliphatic rings. The second-order valence-corrected chi connectivity index (χ2v) is 5.65. The van der Waals surface area contributed by atoms with Crippen molar-refractivity contribution in [3.63, 3.8) is 0 Å². The molecule has 1 aromatic rings. The van der Waals surface area contributed by atoms with Crippen LogP contribution < -0.4 is 11.1 Å². The molecule has 19 heavy (non-hydrogen) atoms. The van der Waals surface area contributed by atoms with Crippen LogP contribution in [0.1, 0.15) is 31.4 Å². The fourth-order valence-electron chi connectivity index (χ4n) is 2.13. The number of amides is 1. The van der Waals surface area contributed by atoms with Gasteiger partial charge in [0, 0.05) is 18.0 Å². The second kappa shape index (κ2) is 4.91. The first kappa shape index (κ1) is 13.4. The highest BCUT2D eigenvalue weighted by Crippen LogP contribution is 2.51. The van der Waals surface area contributed by atoms with Gasteiger partial charge < -0.3 is 16.3 Å². The third kappa shape index (κ3) is 3.05. The number of benzene rings is 1. The number of rotatable bonds is 4. The minimum atomic E-state index is 0.0662. The Morgan fingerprint density at radius 2 is 2.26 bits per heavy atom. The maximum atomic E-state index is 11.9. The number of hydrogen-bond acceptors (Lipinski definition) is 3. The number of oxime groups is 1. The van der Waals surface area contributed by atoms with Crippen LogP contribution in [-0.2, 0) is 11.3 Å². The average molecular weight is 261 g/mol. The summed E-state index contributed by atoms with van der Waals surface area (Å²) in [4.78, 5) is 11.9. The average Bonchev–Trinajstić information content (AvgIpc) is 3.04. The molecule has 1 fully saturated rings. The van der Waals surface area contributed by atoms with Crippen LogP contribution in [-0.4, -0.2) is 17.0 Å². The van der Waals surface area contributed by atoms with E-state index in [-0.39, 0.29) is 23.1 Å². The van der Waals surface area contributed by atoms with E-state index in [2.05, 4.69) is 24.3 Å². The predicted octanol–water partition coefficient (Wildman–Crippen LogP) is 1.44. The van der Waals surface area contributed by atoms with E-state index in [0.717, 1.165) is 12.0 Å². The number of nitrogens with zero attached hydrogens (tertiary/aromatic N) is 1. The molecule has 102 valence electrons. The third-order valence-electron chi connectivity index (χ3n) is 3.63. The van der Waals surface area contributed by atoms with Gasteiger partial charge in [-0.05, 0) is 23.5 Å². The van der Waals surface area contributed by atoms with Gasteiger partial charge in [0.1, 0.15) is 0 Å². The van der Waals surface area contributed by atoms with E-state index in [1.54, 1.807) is 12.1 Å². The Hall–Kier alpha value is -2.04. The largest absolute Gasteiger partial charge is 0.409 e. The van der Waals surface area contributed by atoms with Crippen LogP contribution in [0.2, 0.25) is 0 Å². The molecule has 0 heterocycles. The highest BCUT2D eigenvalue weighted by atomic mass is 16.4. The number of nitrogens with one attached hydrogen (secondary N) is 1. The molecule has 1 atom stereocenters. The smallest absolute Gasteiger partial charge is 0.223 e. The first-order chi connectivity index (χ1) is 8.94. The summed E-state index contributed by atoms with van der Waals surface area (Å²) in [6.45, 7) is 4.64. The summed E-state index contributed by atoms with van der Waals surface area (Å²) in [5.74, 6) is 0.287. The maximum absolute atomic E-state index is 11.9. The van der Waals surface area contributed by atoms with Crippen molar-refractivity contribution in [2.24, 2.45) is 22.2 Å². The summed E-state index contributed by atoms with van der Waals surface area (Å²) in [7, 11) is 0. The van der Waals surface area contributed by atoms with Gasteiger partial charge in [0.2, 0.25) is 5.91 Å². The van der Waals surface area contributed by atoms with Crippen LogP contribution in [0.25, 0.3) is 0 Å². The van der Waals surface area contributed by atoms with E-state index < -0.39 is 0 Å². The normalized spacial score (nSPS) is 20.9. The Bertz CT molecular complexity index is 523. The molecule has 0 aromatic heterocycles. The van der Waals surface area contributed by atoms with Crippen LogP contribution in [0.3, 0.4) is 0 Å². The molecule has 1 unspecified atom stereocenters. The topological polar surface area (TPSA) is 87.7 Å². The van der Waals surface area contributed by atoms with Gasteiger partial charge in [0.25, 0.3) is 0 Å². The number of hydrogen-bond donors (Lipinski definition) is 3. The third-order valence-corrected chi connectivity index (χ3v) is 3.63. The monoisotopic (exact) mass is 261 g/mol. The lowest BCUT2D eigenvalue weighted by atomic mass is 10.1. The number of carbonyl (C=O) groups excluding carboxylic acids is 1. The van der Waals surface area contributed by atoms with Crippen LogP contribution in [0.5, 0.6) is 0 Å². The van der Waals surface area contributed by atoms with Gasteiger partial charge >= 0.3 is 0 Å². The van der Waals surface area contributed by atoms with Crippen LogP contribution in [0.4, 0.5) is 0 Å². The summed E-state index contributed by atoms with van der Waals surface area (Å²) in [6, 6.07) is 7.26. The van der Waals surface area contributed by atoms with Gasteiger partial charge in [-0.3, -0.25) is 4.79 Å². The first-order valence-electron chi connectivity index (χ1n) is 6.28. The van der Waals surface area contributed by atoms with Crippen molar-refractivity contribution in [1.82, 2.24) is 5.32 Å². The Balaban J connectivity index is 1.95. The van der Waals surface area contributed by atoms with E-state index in [0.29, 0.717) is 12.1 Å². The summed E-state index contributed by atoms with van der Waals surface area (Å²) in [6.07, 6.45) is 0.947. The van der Waals surface area contributed by atoms with Gasteiger partial charge in [0.15, 0.2) is 5.84 Å². The Morgan fingerprint density at radius 1 is 1.58 bits per heavy atom. The summed E-state index contributed by atoms with van der Waals surface area (Å²) in [5.41, 5.74) is 7.23. The van der Waals surface area contributed by atoms with Crippen LogP contribution in [0, 0.1) is 11.3 Å². The molecule has 0 bridgehead atoms. The fourth-order valence-corrected chi connectivity index (χ4v) is 2.13. The minimum Gasteiger partial charge on any atom is -0.409 e. The van der Waals surface area contributed by atoms with E-state index >= 15 is 0 Å². The zero-order valence-corrected chi connectivity index (χ0v) is 11.2. The van der Waals surface area contributed by atoms with Crippen molar-refractivity contribution in [2.45, 2.75) is 26.8 Å². The number of carbonyl (C=O) groups is 1. The number of amidine groups is 1. The molecule has 5 heteroatoms. The Kier molecular flexibility index (Phi) is 3.46. The molecular weight excluding hydrogens is 242 g/mol. The Labute approximate surface area is 112 Å². The van der Waals surface area contributed by atoms with Crippen molar-refractivity contribution in [1.29, 1.82) is 0 Å². The molecular formula is C14H19N3O2. The summed E-state index contributed by atoms with van der Waals surface area (Å²) >= 11 is 0. The molecule has 5 nitrogen and oxygen atoms in total. The zero-order chi connectivity index (χ0) is 14.0. The van der Waals surface area contributed by atoms with Crippen molar-refractivity contribution >= 4 is 11.7 Å². The van der Waals surface area contributed by atoms with Crippen molar-refractivity contribution < 1.29 is 10.0 Å². The number of nitrogens with two attached hydrogens (primary N) is 1. The highest BCUT2D eigenvalue weighted by molar-refractivity contribution is 5.97. The molecule has 1 aromatic carbocycles. The van der Waals surface area contributed by atoms with Gasteiger partial charge in [-0.25, -0.2) is 0 Å². The van der Waals surface area contributed by atoms with E-state index in [1.165, 1.54) is 0 Å². The van der Waals surface area contributed by atoms with Gasteiger partial charge in [-0.15, -0.1) is 0 Å².